The molecular weight excluding hydrogens is 308 g/mol. The monoisotopic (exact) mass is 336 g/mol. The number of hydrogen-bond donors (Lipinski definition) is 0. The number of esters is 2. The highest BCUT2D eigenvalue weighted by molar-refractivity contribution is 5.76. The highest BCUT2D eigenvalue weighted by Gasteiger charge is 2.35. The number of carbonyl (C=O) groups excluding carboxylic acids is 2. The summed E-state index contributed by atoms with van der Waals surface area (Å²) in [5, 5.41) is 0. The van der Waals surface area contributed by atoms with Gasteiger partial charge in [-0.25, -0.2) is 0 Å². The zero-order valence-corrected chi connectivity index (χ0v) is 15.4. The molecule has 24 heavy (non-hydrogen) atoms. The molecule has 0 radical (unpaired) electrons. The van der Waals surface area contributed by atoms with Crippen molar-refractivity contribution >= 4 is 11.9 Å². The molecule has 0 aromatic rings. The van der Waals surface area contributed by atoms with Crippen LogP contribution in [0.1, 0.15) is 48.0 Å². The Balaban J connectivity index is 2.81. The Bertz CT molecular complexity index is 527. The van der Waals surface area contributed by atoms with Crippen LogP contribution in [0.15, 0.2) is 12.2 Å². The maximum absolute atomic E-state index is 12.1. The molecular formula is C19H28O5. The van der Waals surface area contributed by atoms with E-state index in [4.69, 9.17) is 20.6 Å². The molecule has 0 aliphatic carbocycles. The average Bonchev–Trinajstić information content (AvgIpc) is 2.45. The summed E-state index contributed by atoms with van der Waals surface area (Å²) in [4.78, 5) is 24.1. The molecule has 0 spiro atoms. The van der Waals surface area contributed by atoms with Crippen LogP contribution in [-0.4, -0.2) is 36.9 Å². The topological polar surface area (TPSA) is 61.8 Å². The van der Waals surface area contributed by atoms with Crippen LogP contribution >= 0.6 is 0 Å². The lowest BCUT2D eigenvalue weighted by molar-refractivity contribution is -0.174. The number of ether oxygens (including phenoxy) is 3. The first-order chi connectivity index (χ1) is 10.9. The van der Waals surface area contributed by atoms with Crippen molar-refractivity contribution in [3.63, 3.8) is 0 Å². The quantitative estimate of drug-likeness (QED) is 0.449. The van der Waals surface area contributed by atoms with Gasteiger partial charge in [0.05, 0.1) is 16.9 Å². The molecule has 0 aromatic carbocycles. The normalized spacial score (nSPS) is 24.1. The third-order valence-corrected chi connectivity index (χ3v) is 3.40. The Morgan fingerprint density at radius 3 is 2.17 bits per heavy atom. The lowest BCUT2D eigenvalue weighted by atomic mass is 9.97. The second kappa shape index (κ2) is 7.85. The van der Waals surface area contributed by atoms with Gasteiger partial charge in [0.15, 0.2) is 0 Å². The zero-order chi connectivity index (χ0) is 18.5. The van der Waals surface area contributed by atoms with E-state index in [-0.39, 0.29) is 24.6 Å². The van der Waals surface area contributed by atoms with Crippen molar-refractivity contribution in [2.24, 2.45) is 10.8 Å². The van der Waals surface area contributed by atoms with Gasteiger partial charge in [0.2, 0.25) is 0 Å². The Morgan fingerprint density at radius 2 is 1.67 bits per heavy atom. The van der Waals surface area contributed by atoms with E-state index >= 15 is 0 Å². The van der Waals surface area contributed by atoms with Crippen molar-refractivity contribution in [2.75, 3.05) is 6.61 Å². The molecule has 0 saturated heterocycles. The summed E-state index contributed by atoms with van der Waals surface area (Å²) in [5.41, 5.74) is -1.24. The Hall–Kier alpha value is -1.80. The van der Waals surface area contributed by atoms with Gasteiger partial charge in [-0.05, 0) is 47.6 Å². The van der Waals surface area contributed by atoms with E-state index in [2.05, 4.69) is 5.92 Å². The summed E-state index contributed by atoms with van der Waals surface area (Å²) in [6.45, 7) is 10.7. The van der Waals surface area contributed by atoms with Crippen molar-refractivity contribution in [3.05, 3.63) is 12.2 Å². The largest absolute Gasteiger partial charge is 0.462 e. The second-order valence-corrected chi connectivity index (χ2v) is 7.97. The summed E-state index contributed by atoms with van der Waals surface area (Å²) in [7, 11) is 0. The fourth-order valence-electron chi connectivity index (χ4n) is 1.86. The van der Waals surface area contributed by atoms with E-state index < -0.39 is 23.0 Å². The third kappa shape index (κ3) is 6.01. The van der Waals surface area contributed by atoms with Gasteiger partial charge >= 0.3 is 11.9 Å². The van der Waals surface area contributed by atoms with Crippen LogP contribution in [0.2, 0.25) is 0 Å². The van der Waals surface area contributed by atoms with Crippen LogP contribution in [0, 0.1) is 23.2 Å². The van der Waals surface area contributed by atoms with E-state index in [1.54, 1.807) is 53.7 Å². The van der Waals surface area contributed by atoms with Gasteiger partial charge in [0, 0.05) is 6.42 Å². The Morgan fingerprint density at radius 1 is 1.08 bits per heavy atom. The van der Waals surface area contributed by atoms with E-state index in [0.717, 1.165) is 0 Å². The molecule has 3 atom stereocenters. The van der Waals surface area contributed by atoms with Crippen molar-refractivity contribution in [1.29, 1.82) is 0 Å². The predicted molar refractivity (Wildman–Crippen MR) is 91.0 cm³/mol. The molecule has 134 valence electrons. The minimum Gasteiger partial charge on any atom is -0.462 e. The second-order valence-electron chi connectivity index (χ2n) is 7.97. The highest BCUT2D eigenvalue weighted by Crippen LogP contribution is 2.24. The van der Waals surface area contributed by atoms with Gasteiger partial charge in [-0.3, -0.25) is 9.59 Å². The molecule has 1 rings (SSSR count). The maximum Gasteiger partial charge on any atom is 0.311 e. The lowest BCUT2D eigenvalue weighted by Crippen LogP contribution is -2.43. The van der Waals surface area contributed by atoms with Crippen LogP contribution in [0.5, 0.6) is 0 Å². The molecule has 0 aromatic heterocycles. The van der Waals surface area contributed by atoms with Gasteiger partial charge in [-0.2, -0.15) is 0 Å². The van der Waals surface area contributed by atoms with Crippen molar-refractivity contribution in [3.8, 4) is 12.3 Å². The molecule has 0 saturated carbocycles. The first-order valence-electron chi connectivity index (χ1n) is 8.10. The highest BCUT2D eigenvalue weighted by atomic mass is 16.6. The van der Waals surface area contributed by atoms with E-state index in [0.29, 0.717) is 6.42 Å². The van der Waals surface area contributed by atoms with E-state index in [1.807, 2.05) is 0 Å². The van der Waals surface area contributed by atoms with Gasteiger partial charge in [-0.15, -0.1) is 12.3 Å². The molecule has 1 aliphatic rings. The molecule has 0 unspecified atom stereocenters. The molecule has 1 aliphatic heterocycles. The first kappa shape index (κ1) is 20.2. The van der Waals surface area contributed by atoms with Crippen LogP contribution < -0.4 is 0 Å². The standard InChI is InChI=1S/C19H28O5/c1-8-9-13-10-11-14(24-17(21)19(5,6)7)15(23-13)12-22-16(20)18(2,3)4/h1,10-11,13-15H,9,12H2,2-7H3/t13-,14+,15-/m1/s1. The summed E-state index contributed by atoms with van der Waals surface area (Å²) in [6.07, 6.45) is 7.79. The molecule has 5 heteroatoms. The Labute approximate surface area is 144 Å². The van der Waals surface area contributed by atoms with Gasteiger partial charge < -0.3 is 14.2 Å². The number of terminal acetylenes is 1. The van der Waals surface area contributed by atoms with E-state index in [9.17, 15) is 9.59 Å². The fraction of sp³-hybridized carbons (Fsp3) is 0.684. The fourth-order valence-corrected chi connectivity index (χ4v) is 1.86. The van der Waals surface area contributed by atoms with Gasteiger partial charge in [-0.1, -0.05) is 6.08 Å². The summed E-state index contributed by atoms with van der Waals surface area (Å²) < 4.78 is 16.7. The van der Waals surface area contributed by atoms with Crippen LogP contribution in [0.3, 0.4) is 0 Å². The molecule has 1 heterocycles. The van der Waals surface area contributed by atoms with Gasteiger partial charge in [0.25, 0.3) is 0 Å². The maximum atomic E-state index is 12.1. The van der Waals surface area contributed by atoms with Crippen molar-refractivity contribution in [1.82, 2.24) is 0 Å². The van der Waals surface area contributed by atoms with Crippen LogP contribution in [-0.2, 0) is 23.8 Å². The molecule has 0 fully saturated rings. The minimum absolute atomic E-state index is 0.00358. The van der Waals surface area contributed by atoms with Crippen LogP contribution in [0.25, 0.3) is 0 Å². The number of rotatable bonds is 4. The number of hydrogen-bond acceptors (Lipinski definition) is 5. The SMILES string of the molecule is C#CC[C@@H]1C=C[C@H](OC(=O)C(C)(C)C)[C@@H](COC(=O)C(C)(C)C)O1. The Kier molecular flexibility index (Phi) is 6.62. The third-order valence-electron chi connectivity index (χ3n) is 3.40. The average molecular weight is 336 g/mol. The molecule has 0 amide bonds. The van der Waals surface area contributed by atoms with Crippen molar-refractivity contribution in [2.45, 2.75) is 66.3 Å². The predicted octanol–water partition coefficient (Wildman–Crippen LogP) is 2.88. The zero-order valence-electron chi connectivity index (χ0n) is 15.4. The van der Waals surface area contributed by atoms with Crippen molar-refractivity contribution < 1.29 is 23.8 Å². The summed E-state index contributed by atoms with van der Waals surface area (Å²) in [6, 6.07) is 0. The van der Waals surface area contributed by atoms with E-state index in [1.165, 1.54) is 0 Å². The smallest absolute Gasteiger partial charge is 0.311 e. The lowest BCUT2D eigenvalue weighted by Gasteiger charge is -2.33. The van der Waals surface area contributed by atoms with Crippen LogP contribution in [0.4, 0.5) is 0 Å². The molecule has 5 nitrogen and oxygen atoms in total. The molecule has 0 N–H and O–H groups in total. The summed E-state index contributed by atoms with van der Waals surface area (Å²) in [5.74, 6) is 1.85. The summed E-state index contributed by atoms with van der Waals surface area (Å²) >= 11 is 0. The number of carbonyl (C=O) groups is 2. The minimum atomic E-state index is -0.629. The van der Waals surface area contributed by atoms with Gasteiger partial charge in [0.1, 0.15) is 18.8 Å². The first-order valence-corrected chi connectivity index (χ1v) is 8.10. The molecule has 0 bridgehead atoms.